The van der Waals surface area contributed by atoms with Crippen LogP contribution < -0.4 is 9.47 Å². The van der Waals surface area contributed by atoms with E-state index < -0.39 is 0 Å². The number of hydrogen-bond acceptors (Lipinski definition) is 5. The fourth-order valence-corrected chi connectivity index (χ4v) is 2.37. The molecule has 0 spiro atoms. The molecule has 1 atom stereocenters. The molecule has 5 heteroatoms. The average Bonchev–Trinajstić information content (AvgIpc) is 2.99. The Morgan fingerprint density at radius 2 is 1.95 bits per heavy atom. The van der Waals surface area contributed by atoms with Crippen molar-refractivity contribution in [2.45, 2.75) is 6.10 Å². The van der Waals surface area contributed by atoms with Gasteiger partial charge in [0.15, 0.2) is 11.5 Å². The van der Waals surface area contributed by atoms with Gasteiger partial charge in [-0.1, -0.05) is 12.1 Å². The maximum atomic E-state index is 9.06. The van der Waals surface area contributed by atoms with Gasteiger partial charge in [-0.05, 0) is 24.3 Å². The zero-order chi connectivity index (χ0) is 15.5. The van der Waals surface area contributed by atoms with Gasteiger partial charge in [-0.2, -0.15) is 10.5 Å². The van der Waals surface area contributed by atoms with E-state index in [0.29, 0.717) is 29.4 Å². The summed E-state index contributed by atoms with van der Waals surface area (Å²) in [6.07, 6.45) is -0.103. The third kappa shape index (κ3) is 2.35. The Kier molecular flexibility index (Phi) is 3.65. The average molecular weight is 292 g/mol. The molecule has 2 aromatic carbocycles. The largest absolute Gasteiger partial charge is 0.486 e. The van der Waals surface area contributed by atoms with Crippen molar-refractivity contribution < 1.29 is 14.2 Å². The second kappa shape index (κ2) is 5.77. The van der Waals surface area contributed by atoms with Gasteiger partial charge in [-0.15, -0.1) is 0 Å². The number of nitriles is 2. The minimum Gasteiger partial charge on any atom is -0.486 e. The number of ether oxygens (including phenoxy) is 3. The van der Waals surface area contributed by atoms with Crippen LogP contribution in [0, 0.1) is 22.7 Å². The van der Waals surface area contributed by atoms with E-state index in [-0.39, 0.29) is 11.7 Å². The summed E-state index contributed by atoms with van der Waals surface area (Å²) >= 11 is 0. The monoisotopic (exact) mass is 292 g/mol. The van der Waals surface area contributed by atoms with Crippen LogP contribution >= 0.6 is 0 Å². The Hall–Kier alpha value is -3.02. The number of methoxy groups -OCH3 is 1. The molecule has 22 heavy (non-hydrogen) atoms. The quantitative estimate of drug-likeness (QED) is 0.867. The van der Waals surface area contributed by atoms with E-state index in [1.807, 2.05) is 24.3 Å². The van der Waals surface area contributed by atoms with Crippen LogP contribution in [0.15, 0.2) is 36.4 Å². The lowest BCUT2D eigenvalue weighted by atomic mass is 10.1. The fraction of sp³-hybridized carbons (Fsp3) is 0.176. The molecule has 1 heterocycles. The predicted molar refractivity (Wildman–Crippen MR) is 77.6 cm³/mol. The summed E-state index contributed by atoms with van der Waals surface area (Å²) in [5.41, 5.74) is 1.54. The summed E-state index contributed by atoms with van der Waals surface area (Å²) in [7, 11) is 1.64. The Morgan fingerprint density at radius 3 is 2.68 bits per heavy atom. The van der Waals surface area contributed by atoms with Gasteiger partial charge in [0.05, 0.1) is 11.1 Å². The molecule has 0 aromatic heterocycles. The van der Waals surface area contributed by atoms with Gasteiger partial charge in [0.25, 0.3) is 0 Å². The SMILES string of the molecule is CO[C@@H]1COc2c(Oc3ccc(C#N)c(C#N)c3)cccc21. The Morgan fingerprint density at radius 1 is 1.14 bits per heavy atom. The van der Waals surface area contributed by atoms with E-state index in [0.717, 1.165) is 5.56 Å². The summed E-state index contributed by atoms with van der Waals surface area (Å²) in [4.78, 5) is 0. The Labute approximate surface area is 127 Å². The van der Waals surface area contributed by atoms with E-state index in [1.54, 1.807) is 31.4 Å². The number of nitrogens with zero attached hydrogens (tertiary/aromatic N) is 2. The van der Waals surface area contributed by atoms with Gasteiger partial charge in [0.1, 0.15) is 30.6 Å². The van der Waals surface area contributed by atoms with E-state index in [9.17, 15) is 0 Å². The van der Waals surface area contributed by atoms with Gasteiger partial charge >= 0.3 is 0 Å². The van der Waals surface area contributed by atoms with Crippen molar-refractivity contribution in [2.75, 3.05) is 13.7 Å². The number of hydrogen-bond donors (Lipinski definition) is 0. The molecule has 1 aliphatic rings. The molecule has 1 aliphatic heterocycles. The molecule has 0 radical (unpaired) electrons. The van der Waals surface area contributed by atoms with Crippen molar-refractivity contribution in [3.63, 3.8) is 0 Å². The summed E-state index contributed by atoms with van der Waals surface area (Å²) < 4.78 is 16.8. The molecule has 0 N–H and O–H groups in total. The predicted octanol–water partition coefficient (Wildman–Crippen LogP) is 3.30. The van der Waals surface area contributed by atoms with E-state index in [1.165, 1.54) is 0 Å². The lowest BCUT2D eigenvalue weighted by molar-refractivity contribution is 0.0815. The van der Waals surface area contributed by atoms with Crippen molar-refractivity contribution >= 4 is 0 Å². The molecule has 108 valence electrons. The van der Waals surface area contributed by atoms with Crippen LogP contribution in [0.25, 0.3) is 0 Å². The summed E-state index contributed by atoms with van der Waals surface area (Å²) in [5, 5.41) is 18.0. The van der Waals surface area contributed by atoms with Crippen molar-refractivity contribution in [3.05, 3.63) is 53.1 Å². The first-order chi connectivity index (χ1) is 10.8. The van der Waals surface area contributed by atoms with Gasteiger partial charge < -0.3 is 14.2 Å². The second-order valence-electron chi connectivity index (χ2n) is 4.74. The standard InChI is InChI=1S/C17H12N2O3/c1-20-16-10-21-17-14(16)3-2-4-15(17)22-13-6-5-11(8-18)12(7-13)9-19/h2-7,16H,10H2,1H3/t16-/m1/s1. The van der Waals surface area contributed by atoms with Gasteiger partial charge in [0.2, 0.25) is 0 Å². The molecule has 0 saturated carbocycles. The van der Waals surface area contributed by atoms with E-state index in [2.05, 4.69) is 0 Å². The third-order valence-corrected chi connectivity index (χ3v) is 3.48. The lowest BCUT2D eigenvalue weighted by Gasteiger charge is -2.10. The zero-order valence-corrected chi connectivity index (χ0v) is 11.9. The summed E-state index contributed by atoms with van der Waals surface area (Å²) in [6.45, 7) is 0.447. The first kappa shape index (κ1) is 13.9. The Bertz CT molecular complexity index is 803. The molecule has 2 aromatic rings. The molecule has 3 rings (SSSR count). The molecule has 0 aliphatic carbocycles. The van der Waals surface area contributed by atoms with E-state index in [4.69, 9.17) is 24.7 Å². The van der Waals surface area contributed by atoms with Crippen molar-refractivity contribution in [3.8, 4) is 29.4 Å². The molecule has 5 nitrogen and oxygen atoms in total. The smallest absolute Gasteiger partial charge is 0.169 e. The van der Waals surface area contributed by atoms with Crippen molar-refractivity contribution in [1.29, 1.82) is 10.5 Å². The van der Waals surface area contributed by atoms with Gasteiger partial charge in [-0.3, -0.25) is 0 Å². The number of benzene rings is 2. The molecule has 0 unspecified atom stereocenters. The highest BCUT2D eigenvalue weighted by Crippen LogP contribution is 2.43. The number of rotatable bonds is 3. The molecule has 0 bridgehead atoms. The normalized spacial score (nSPS) is 15.3. The highest BCUT2D eigenvalue weighted by molar-refractivity contribution is 5.54. The molecular formula is C17H12N2O3. The van der Waals surface area contributed by atoms with Crippen molar-refractivity contribution in [1.82, 2.24) is 0 Å². The van der Waals surface area contributed by atoms with Crippen LogP contribution in [-0.2, 0) is 4.74 Å². The minimum absolute atomic E-state index is 0.103. The van der Waals surface area contributed by atoms with Gasteiger partial charge in [-0.25, -0.2) is 0 Å². The number of fused-ring (bicyclic) bond motifs is 1. The third-order valence-electron chi connectivity index (χ3n) is 3.48. The maximum Gasteiger partial charge on any atom is 0.169 e. The summed E-state index contributed by atoms with van der Waals surface area (Å²) in [5.74, 6) is 1.69. The molecular weight excluding hydrogens is 280 g/mol. The van der Waals surface area contributed by atoms with Crippen LogP contribution in [0.3, 0.4) is 0 Å². The van der Waals surface area contributed by atoms with Crippen LogP contribution in [-0.4, -0.2) is 13.7 Å². The topological polar surface area (TPSA) is 75.3 Å². The maximum absolute atomic E-state index is 9.06. The fourth-order valence-electron chi connectivity index (χ4n) is 2.37. The van der Waals surface area contributed by atoms with Crippen molar-refractivity contribution in [2.24, 2.45) is 0 Å². The molecule has 0 fully saturated rings. The zero-order valence-electron chi connectivity index (χ0n) is 11.9. The van der Waals surface area contributed by atoms with E-state index >= 15 is 0 Å². The highest BCUT2D eigenvalue weighted by atomic mass is 16.6. The Balaban J connectivity index is 1.94. The lowest BCUT2D eigenvalue weighted by Crippen LogP contribution is -2.01. The van der Waals surface area contributed by atoms with Gasteiger partial charge in [0, 0.05) is 12.7 Å². The molecule has 0 saturated heterocycles. The number of para-hydroxylation sites is 1. The first-order valence-electron chi connectivity index (χ1n) is 6.67. The van der Waals surface area contributed by atoms with Crippen LogP contribution in [0.5, 0.6) is 17.2 Å². The van der Waals surface area contributed by atoms with Crippen LogP contribution in [0.2, 0.25) is 0 Å². The molecule has 0 amide bonds. The minimum atomic E-state index is -0.103. The summed E-state index contributed by atoms with van der Waals surface area (Å²) in [6, 6.07) is 14.3. The highest BCUT2D eigenvalue weighted by Gasteiger charge is 2.27. The first-order valence-corrected chi connectivity index (χ1v) is 6.67. The van der Waals surface area contributed by atoms with Crippen LogP contribution in [0.4, 0.5) is 0 Å². The second-order valence-corrected chi connectivity index (χ2v) is 4.74. The van der Waals surface area contributed by atoms with Crippen LogP contribution in [0.1, 0.15) is 22.8 Å².